The minimum Gasteiger partial charge on any atom is -0.355 e. The number of aryl methyl sites for hydroxylation is 1. The zero-order chi connectivity index (χ0) is 20.4. The predicted octanol–water partition coefficient (Wildman–Crippen LogP) is 3.79. The second kappa shape index (κ2) is 8.64. The van der Waals surface area contributed by atoms with Crippen molar-refractivity contribution in [2.45, 2.75) is 27.2 Å². The summed E-state index contributed by atoms with van der Waals surface area (Å²) in [5.74, 6) is 0.727. The van der Waals surface area contributed by atoms with Crippen molar-refractivity contribution in [1.82, 2.24) is 14.9 Å². The van der Waals surface area contributed by atoms with Crippen molar-refractivity contribution in [2.75, 3.05) is 37.6 Å². The van der Waals surface area contributed by atoms with Crippen LogP contribution in [0.1, 0.15) is 46.0 Å². The SMILES string of the molecule is CCc1c(C(=O)CN2CCN(c3ncc(Cl)cc3Cl)CC2)[nH]c(C)c1C(C)=O. The highest BCUT2D eigenvalue weighted by Gasteiger charge is 2.25. The van der Waals surface area contributed by atoms with E-state index in [9.17, 15) is 9.59 Å². The summed E-state index contributed by atoms with van der Waals surface area (Å²) >= 11 is 12.2. The molecule has 0 amide bonds. The van der Waals surface area contributed by atoms with Gasteiger partial charge in [0.2, 0.25) is 0 Å². The number of piperazine rings is 1. The van der Waals surface area contributed by atoms with Crippen LogP contribution in [0.15, 0.2) is 12.3 Å². The number of nitrogens with one attached hydrogen (secondary N) is 1. The molecule has 3 rings (SSSR count). The first-order valence-corrected chi connectivity index (χ1v) is 10.1. The quantitative estimate of drug-likeness (QED) is 0.716. The van der Waals surface area contributed by atoms with Gasteiger partial charge in [-0.15, -0.1) is 0 Å². The summed E-state index contributed by atoms with van der Waals surface area (Å²) in [6.07, 6.45) is 2.24. The number of rotatable bonds is 6. The van der Waals surface area contributed by atoms with Crippen LogP contribution < -0.4 is 4.90 Å². The minimum absolute atomic E-state index is 0.00870. The fourth-order valence-corrected chi connectivity index (χ4v) is 4.28. The van der Waals surface area contributed by atoms with E-state index < -0.39 is 0 Å². The maximum atomic E-state index is 12.9. The van der Waals surface area contributed by atoms with E-state index in [2.05, 4.69) is 19.8 Å². The van der Waals surface area contributed by atoms with Crippen LogP contribution in [0.2, 0.25) is 10.0 Å². The molecule has 6 nitrogen and oxygen atoms in total. The van der Waals surface area contributed by atoms with Gasteiger partial charge in [0.05, 0.1) is 22.3 Å². The summed E-state index contributed by atoms with van der Waals surface area (Å²) in [4.78, 5) is 36.5. The van der Waals surface area contributed by atoms with Crippen LogP contribution in [0.4, 0.5) is 5.82 Å². The lowest BCUT2D eigenvalue weighted by molar-refractivity contribution is 0.0921. The van der Waals surface area contributed by atoms with Crippen molar-refractivity contribution in [3.63, 3.8) is 0 Å². The average Bonchev–Trinajstić information content (AvgIpc) is 2.99. The number of hydrogen-bond donors (Lipinski definition) is 1. The smallest absolute Gasteiger partial charge is 0.193 e. The number of halogens is 2. The number of carbonyl (C=O) groups is 2. The maximum Gasteiger partial charge on any atom is 0.193 e. The fourth-order valence-electron chi connectivity index (χ4n) is 3.78. The molecular formula is C20H24Cl2N4O2. The highest BCUT2D eigenvalue weighted by atomic mass is 35.5. The van der Waals surface area contributed by atoms with Gasteiger partial charge in [0.1, 0.15) is 5.82 Å². The number of Topliss-reactive ketones (excluding diaryl/α,β-unsaturated/α-hetero) is 2. The Labute approximate surface area is 174 Å². The van der Waals surface area contributed by atoms with Crippen molar-refractivity contribution in [3.8, 4) is 0 Å². The molecule has 0 radical (unpaired) electrons. The Morgan fingerprint density at radius 1 is 1.21 bits per heavy atom. The molecule has 0 spiro atoms. The normalized spacial score (nSPS) is 15.1. The van der Waals surface area contributed by atoms with Gasteiger partial charge in [0.15, 0.2) is 11.6 Å². The van der Waals surface area contributed by atoms with Crippen LogP contribution in [0, 0.1) is 6.92 Å². The first-order chi connectivity index (χ1) is 13.3. The molecule has 3 heterocycles. The van der Waals surface area contributed by atoms with Crippen molar-refractivity contribution >= 4 is 40.6 Å². The molecule has 8 heteroatoms. The van der Waals surface area contributed by atoms with Gasteiger partial charge < -0.3 is 9.88 Å². The highest BCUT2D eigenvalue weighted by Crippen LogP contribution is 2.27. The topological polar surface area (TPSA) is 69.3 Å². The standard InChI is InChI=1S/C20H24Cl2N4O2/c1-4-15-18(13(3)27)12(2)24-19(15)17(28)11-25-5-7-26(8-6-25)20-16(22)9-14(21)10-23-20/h9-10,24H,4-8,11H2,1-3H3. The molecule has 2 aromatic rings. The zero-order valence-electron chi connectivity index (χ0n) is 16.3. The van der Waals surface area contributed by atoms with Crippen molar-refractivity contribution in [1.29, 1.82) is 0 Å². The lowest BCUT2D eigenvalue weighted by Crippen LogP contribution is -2.48. The Morgan fingerprint density at radius 2 is 1.89 bits per heavy atom. The van der Waals surface area contributed by atoms with E-state index >= 15 is 0 Å². The highest BCUT2D eigenvalue weighted by molar-refractivity contribution is 6.36. The third-order valence-corrected chi connectivity index (χ3v) is 5.59. The Morgan fingerprint density at radius 3 is 2.46 bits per heavy atom. The minimum atomic E-state index is -0.00870. The van der Waals surface area contributed by atoms with Crippen LogP contribution in [-0.4, -0.2) is 59.2 Å². The van der Waals surface area contributed by atoms with Gasteiger partial charge in [-0.25, -0.2) is 4.98 Å². The zero-order valence-corrected chi connectivity index (χ0v) is 17.8. The first-order valence-electron chi connectivity index (χ1n) is 9.35. The molecular weight excluding hydrogens is 399 g/mol. The lowest BCUT2D eigenvalue weighted by atomic mass is 10.0. The Balaban J connectivity index is 1.66. The Hall–Kier alpha value is -1.89. The molecule has 2 aromatic heterocycles. The molecule has 1 N–H and O–H groups in total. The van der Waals surface area contributed by atoms with E-state index in [0.717, 1.165) is 43.3 Å². The average molecular weight is 423 g/mol. The molecule has 0 aliphatic carbocycles. The van der Waals surface area contributed by atoms with E-state index in [4.69, 9.17) is 23.2 Å². The summed E-state index contributed by atoms with van der Waals surface area (Å²) in [6.45, 7) is 8.58. The van der Waals surface area contributed by atoms with Crippen LogP contribution in [0.25, 0.3) is 0 Å². The molecule has 1 fully saturated rings. The number of pyridine rings is 1. The number of anilines is 1. The molecule has 0 saturated carbocycles. The van der Waals surface area contributed by atoms with E-state index in [1.807, 2.05) is 13.8 Å². The van der Waals surface area contributed by atoms with E-state index in [0.29, 0.717) is 34.3 Å². The summed E-state index contributed by atoms with van der Waals surface area (Å²) < 4.78 is 0. The molecule has 0 bridgehead atoms. The molecule has 150 valence electrons. The third kappa shape index (κ3) is 4.24. The largest absolute Gasteiger partial charge is 0.355 e. The van der Waals surface area contributed by atoms with Gasteiger partial charge >= 0.3 is 0 Å². The second-order valence-corrected chi connectivity index (χ2v) is 7.88. The molecule has 1 aliphatic rings. The van der Waals surface area contributed by atoms with Gasteiger partial charge in [0.25, 0.3) is 0 Å². The summed E-state index contributed by atoms with van der Waals surface area (Å²) in [6, 6.07) is 1.69. The monoisotopic (exact) mass is 422 g/mol. The second-order valence-electron chi connectivity index (χ2n) is 7.03. The molecule has 0 unspecified atom stereocenters. The number of carbonyl (C=O) groups excluding carboxylic acids is 2. The van der Waals surface area contributed by atoms with Crippen LogP contribution >= 0.6 is 23.2 Å². The molecule has 0 aromatic carbocycles. The van der Waals surface area contributed by atoms with Crippen LogP contribution in [0.3, 0.4) is 0 Å². The summed E-state index contributed by atoms with van der Waals surface area (Å²) in [5.41, 5.74) is 2.81. The van der Waals surface area contributed by atoms with Gasteiger partial charge in [-0.3, -0.25) is 14.5 Å². The molecule has 1 aliphatic heterocycles. The van der Waals surface area contributed by atoms with E-state index in [1.54, 1.807) is 19.2 Å². The number of nitrogens with zero attached hydrogens (tertiary/aromatic N) is 3. The maximum absolute atomic E-state index is 12.9. The molecule has 0 atom stereocenters. The Bertz CT molecular complexity index is 902. The van der Waals surface area contributed by atoms with Gasteiger partial charge in [-0.1, -0.05) is 30.1 Å². The number of aromatic amines is 1. The van der Waals surface area contributed by atoms with Gasteiger partial charge in [0, 0.05) is 43.6 Å². The van der Waals surface area contributed by atoms with Crippen molar-refractivity contribution < 1.29 is 9.59 Å². The number of ketones is 2. The molecule has 1 saturated heterocycles. The third-order valence-electron chi connectivity index (χ3n) is 5.10. The van der Waals surface area contributed by atoms with Gasteiger partial charge in [-0.2, -0.15) is 0 Å². The summed E-state index contributed by atoms with van der Waals surface area (Å²) in [5, 5.41) is 1.04. The van der Waals surface area contributed by atoms with E-state index in [1.165, 1.54) is 0 Å². The number of aromatic nitrogens is 2. The Kier molecular flexibility index (Phi) is 6.43. The van der Waals surface area contributed by atoms with Crippen LogP contribution in [0.5, 0.6) is 0 Å². The van der Waals surface area contributed by atoms with Crippen molar-refractivity contribution in [2.24, 2.45) is 0 Å². The fraction of sp³-hybridized carbons (Fsp3) is 0.450. The predicted molar refractivity (Wildman–Crippen MR) is 112 cm³/mol. The number of hydrogen-bond acceptors (Lipinski definition) is 5. The molecule has 28 heavy (non-hydrogen) atoms. The first kappa shape index (κ1) is 20.8. The van der Waals surface area contributed by atoms with Crippen LogP contribution in [-0.2, 0) is 6.42 Å². The number of H-pyrrole nitrogens is 1. The van der Waals surface area contributed by atoms with E-state index in [-0.39, 0.29) is 11.6 Å². The van der Waals surface area contributed by atoms with Gasteiger partial charge in [-0.05, 0) is 31.9 Å². The van der Waals surface area contributed by atoms with Crippen molar-refractivity contribution in [3.05, 3.63) is 44.8 Å². The lowest BCUT2D eigenvalue weighted by Gasteiger charge is -2.35. The summed E-state index contributed by atoms with van der Waals surface area (Å²) in [7, 11) is 0.